The number of nitrogens with zero attached hydrogens (tertiary/aromatic N) is 1. The molecule has 0 saturated heterocycles. The molecule has 4 heteroatoms. The zero-order valence-corrected chi connectivity index (χ0v) is 14.9. The normalized spacial score (nSPS) is 14.2. The largest absolute Gasteiger partial charge is 0.371 e. The molecular weight excluding hydrogens is 320 g/mol. The Kier molecular flexibility index (Phi) is 7.26. The van der Waals surface area contributed by atoms with Gasteiger partial charge in [0, 0.05) is 35.0 Å². The van der Waals surface area contributed by atoms with Crippen LogP contribution < -0.4 is 10.2 Å². The predicted octanol–water partition coefficient (Wildman–Crippen LogP) is 4.31. The lowest BCUT2D eigenvalue weighted by atomic mass is 10.1. The van der Waals surface area contributed by atoms with E-state index in [1.807, 2.05) is 11.8 Å². The summed E-state index contributed by atoms with van der Waals surface area (Å²) >= 11 is 5.59. The first kappa shape index (κ1) is 16.9. The van der Waals surface area contributed by atoms with Crippen LogP contribution in [0.2, 0.25) is 0 Å². The van der Waals surface area contributed by atoms with E-state index in [1.54, 1.807) is 0 Å². The van der Waals surface area contributed by atoms with Crippen molar-refractivity contribution in [2.75, 3.05) is 30.5 Å². The van der Waals surface area contributed by atoms with Gasteiger partial charge in [0.1, 0.15) is 0 Å². The van der Waals surface area contributed by atoms with Crippen LogP contribution in [-0.2, 0) is 0 Å². The number of halogens is 1. The summed E-state index contributed by atoms with van der Waals surface area (Å²) in [6.45, 7) is 7.58. The highest BCUT2D eigenvalue weighted by molar-refractivity contribution is 9.10. The maximum atomic E-state index is 3.70. The first-order chi connectivity index (χ1) is 9.01. The van der Waals surface area contributed by atoms with Crippen molar-refractivity contribution in [3.05, 3.63) is 28.2 Å². The molecule has 0 aromatic heterocycles. The summed E-state index contributed by atoms with van der Waals surface area (Å²) in [5.74, 6) is 1.14. The molecule has 0 aliphatic rings. The van der Waals surface area contributed by atoms with Gasteiger partial charge < -0.3 is 10.2 Å². The molecule has 0 amide bonds. The highest BCUT2D eigenvalue weighted by atomic mass is 79.9. The van der Waals surface area contributed by atoms with E-state index in [1.165, 1.54) is 15.7 Å². The van der Waals surface area contributed by atoms with E-state index in [0.29, 0.717) is 12.1 Å². The van der Waals surface area contributed by atoms with E-state index >= 15 is 0 Å². The first-order valence-corrected chi connectivity index (χ1v) is 8.94. The number of thioether (sulfide) groups is 1. The zero-order valence-electron chi connectivity index (χ0n) is 12.5. The molecule has 1 rings (SSSR count). The van der Waals surface area contributed by atoms with Crippen molar-refractivity contribution in [2.45, 2.75) is 32.9 Å². The molecular formula is C15H25BrN2S. The molecule has 0 saturated carbocycles. The fraction of sp³-hybridized carbons (Fsp3) is 0.600. The summed E-state index contributed by atoms with van der Waals surface area (Å²) in [7, 11) is 2.16. The van der Waals surface area contributed by atoms with Gasteiger partial charge in [-0.15, -0.1) is 0 Å². The fourth-order valence-corrected chi connectivity index (χ4v) is 3.53. The number of rotatable bonds is 7. The lowest BCUT2D eigenvalue weighted by molar-refractivity contribution is 0.596. The van der Waals surface area contributed by atoms with E-state index in [0.717, 1.165) is 12.3 Å². The summed E-state index contributed by atoms with van der Waals surface area (Å²) in [6, 6.07) is 7.57. The third-order valence-corrected chi connectivity index (χ3v) is 4.94. The number of hydrogen-bond acceptors (Lipinski definition) is 3. The Hall–Kier alpha value is -0.190. The molecule has 1 aromatic rings. The Morgan fingerprint density at radius 3 is 2.58 bits per heavy atom. The minimum Gasteiger partial charge on any atom is -0.371 e. The van der Waals surface area contributed by atoms with Gasteiger partial charge in [-0.25, -0.2) is 0 Å². The van der Waals surface area contributed by atoms with Crippen LogP contribution in [0.3, 0.4) is 0 Å². The highest BCUT2D eigenvalue weighted by Crippen LogP contribution is 2.28. The van der Waals surface area contributed by atoms with Crippen LogP contribution in [0.5, 0.6) is 0 Å². The van der Waals surface area contributed by atoms with Gasteiger partial charge in [0.2, 0.25) is 0 Å². The van der Waals surface area contributed by atoms with Crippen LogP contribution in [0, 0.1) is 0 Å². The molecule has 0 bridgehead atoms. The van der Waals surface area contributed by atoms with Crippen molar-refractivity contribution in [2.24, 2.45) is 0 Å². The van der Waals surface area contributed by atoms with Crippen LogP contribution in [-0.4, -0.2) is 31.6 Å². The highest BCUT2D eigenvalue weighted by Gasteiger charge is 2.13. The molecule has 2 nitrogen and oxygen atoms in total. The quantitative estimate of drug-likeness (QED) is 0.793. The van der Waals surface area contributed by atoms with Gasteiger partial charge >= 0.3 is 0 Å². The lowest BCUT2D eigenvalue weighted by Crippen LogP contribution is -2.30. The Labute approximate surface area is 130 Å². The van der Waals surface area contributed by atoms with Gasteiger partial charge in [-0.05, 0) is 44.3 Å². The molecule has 19 heavy (non-hydrogen) atoms. The molecule has 0 aliphatic heterocycles. The van der Waals surface area contributed by atoms with Crippen LogP contribution in [0.1, 0.15) is 32.4 Å². The number of hydrogen-bond donors (Lipinski definition) is 1. The molecule has 2 atom stereocenters. The van der Waals surface area contributed by atoms with Crippen LogP contribution in [0.25, 0.3) is 0 Å². The van der Waals surface area contributed by atoms with E-state index in [-0.39, 0.29) is 0 Å². The Bertz CT molecular complexity index is 398. The number of anilines is 1. The summed E-state index contributed by atoms with van der Waals surface area (Å²) in [5, 5.41) is 3.45. The molecule has 1 aromatic carbocycles. The average Bonchev–Trinajstić information content (AvgIpc) is 2.38. The van der Waals surface area contributed by atoms with Crippen LogP contribution >= 0.6 is 27.7 Å². The standard InChI is InChI=1S/C15H25BrN2S/c1-6-17-12(3)14-8-7-13(9-15(14)16)18(4)11(2)10-19-5/h7-9,11-12,17H,6,10H2,1-5H3. The maximum Gasteiger partial charge on any atom is 0.0377 e. The second kappa shape index (κ2) is 8.18. The summed E-state index contributed by atoms with van der Waals surface area (Å²) in [6.07, 6.45) is 2.15. The smallest absolute Gasteiger partial charge is 0.0377 e. The lowest BCUT2D eigenvalue weighted by Gasteiger charge is -2.27. The fourth-order valence-electron chi connectivity index (χ4n) is 2.11. The van der Waals surface area contributed by atoms with Crippen molar-refractivity contribution < 1.29 is 0 Å². The molecule has 2 unspecified atom stereocenters. The molecule has 0 aliphatic carbocycles. The third-order valence-electron chi connectivity index (χ3n) is 3.44. The molecule has 1 N–H and O–H groups in total. The van der Waals surface area contributed by atoms with Gasteiger partial charge in [0.15, 0.2) is 0 Å². The van der Waals surface area contributed by atoms with Crippen molar-refractivity contribution in [1.82, 2.24) is 5.32 Å². The van der Waals surface area contributed by atoms with E-state index < -0.39 is 0 Å². The predicted molar refractivity (Wildman–Crippen MR) is 92.5 cm³/mol. The summed E-state index contributed by atoms with van der Waals surface area (Å²) < 4.78 is 1.18. The molecule has 0 heterocycles. The zero-order chi connectivity index (χ0) is 14.4. The molecule has 0 spiro atoms. The van der Waals surface area contributed by atoms with Gasteiger partial charge in [-0.3, -0.25) is 0 Å². The monoisotopic (exact) mass is 344 g/mol. The maximum absolute atomic E-state index is 3.70. The second-order valence-electron chi connectivity index (χ2n) is 4.90. The van der Waals surface area contributed by atoms with Crippen LogP contribution in [0.15, 0.2) is 22.7 Å². The first-order valence-electron chi connectivity index (χ1n) is 6.75. The van der Waals surface area contributed by atoms with Crippen molar-refractivity contribution in [3.8, 4) is 0 Å². The Morgan fingerprint density at radius 2 is 2.05 bits per heavy atom. The number of nitrogens with one attached hydrogen (secondary N) is 1. The van der Waals surface area contributed by atoms with Crippen LogP contribution in [0.4, 0.5) is 5.69 Å². The van der Waals surface area contributed by atoms with Gasteiger partial charge in [0.25, 0.3) is 0 Å². The van der Waals surface area contributed by atoms with Gasteiger partial charge in [0.05, 0.1) is 0 Å². The number of benzene rings is 1. The van der Waals surface area contributed by atoms with Crippen molar-refractivity contribution in [1.29, 1.82) is 0 Å². The molecule has 0 radical (unpaired) electrons. The Balaban J connectivity index is 2.87. The molecule has 108 valence electrons. The van der Waals surface area contributed by atoms with Crippen molar-refractivity contribution >= 4 is 33.4 Å². The third kappa shape index (κ3) is 4.69. The van der Waals surface area contributed by atoms with Crippen molar-refractivity contribution in [3.63, 3.8) is 0 Å². The van der Waals surface area contributed by atoms with E-state index in [2.05, 4.69) is 78.4 Å². The van der Waals surface area contributed by atoms with Gasteiger partial charge in [-0.2, -0.15) is 11.8 Å². The van der Waals surface area contributed by atoms with E-state index in [9.17, 15) is 0 Å². The molecule has 0 fully saturated rings. The average molecular weight is 345 g/mol. The Morgan fingerprint density at radius 1 is 1.37 bits per heavy atom. The van der Waals surface area contributed by atoms with Gasteiger partial charge in [-0.1, -0.05) is 28.9 Å². The second-order valence-corrected chi connectivity index (χ2v) is 6.67. The summed E-state index contributed by atoms with van der Waals surface area (Å²) in [4.78, 5) is 2.34. The SMILES string of the molecule is CCNC(C)c1ccc(N(C)C(C)CSC)cc1Br. The van der Waals surface area contributed by atoms with E-state index in [4.69, 9.17) is 0 Å². The minimum atomic E-state index is 0.377. The topological polar surface area (TPSA) is 15.3 Å². The summed E-state index contributed by atoms with van der Waals surface area (Å²) in [5.41, 5.74) is 2.58. The minimum absolute atomic E-state index is 0.377.